The number of likely N-dealkylation sites (tertiary alicyclic amines) is 1. The summed E-state index contributed by atoms with van der Waals surface area (Å²) in [4.78, 5) is 14.8. The van der Waals surface area contributed by atoms with E-state index in [1.165, 1.54) is 24.2 Å². The minimum absolute atomic E-state index is 0.603. The van der Waals surface area contributed by atoms with Crippen molar-refractivity contribution in [3.05, 3.63) is 0 Å². The largest absolute Gasteiger partial charge is 0.465 e. The standard InChI is InChI=1S/C11H20N2O2/c1-12(9-3-2-4-9)10-5-7-13(8-6-10)11(14)15/h9-10H,2-8H2,1H3,(H,14,15). The van der Waals surface area contributed by atoms with Gasteiger partial charge in [-0.2, -0.15) is 0 Å². The van der Waals surface area contributed by atoms with Crippen LogP contribution in [-0.2, 0) is 0 Å². The maximum absolute atomic E-state index is 10.7. The molecule has 1 saturated carbocycles. The number of nitrogens with zero attached hydrogens (tertiary/aromatic N) is 2. The maximum atomic E-state index is 10.7. The highest BCUT2D eigenvalue weighted by Gasteiger charge is 2.30. The van der Waals surface area contributed by atoms with Gasteiger partial charge in [-0.25, -0.2) is 4.79 Å². The SMILES string of the molecule is CN(C1CCC1)C1CCN(C(=O)O)CC1. The van der Waals surface area contributed by atoms with Crippen molar-refractivity contribution in [2.75, 3.05) is 20.1 Å². The van der Waals surface area contributed by atoms with E-state index in [0.29, 0.717) is 19.1 Å². The van der Waals surface area contributed by atoms with Crippen molar-refractivity contribution in [1.29, 1.82) is 0 Å². The molecule has 0 atom stereocenters. The van der Waals surface area contributed by atoms with Gasteiger partial charge in [-0.3, -0.25) is 0 Å². The number of rotatable bonds is 2. The first kappa shape index (κ1) is 10.7. The summed E-state index contributed by atoms with van der Waals surface area (Å²) >= 11 is 0. The van der Waals surface area contributed by atoms with Crippen LogP contribution in [0, 0.1) is 0 Å². The van der Waals surface area contributed by atoms with Crippen molar-refractivity contribution in [1.82, 2.24) is 9.80 Å². The zero-order chi connectivity index (χ0) is 10.8. The lowest BCUT2D eigenvalue weighted by Gasteiger charge is -2.43. The summed E-state index contributed by atoms with van der Waals surface area (Å²) < 4.78 is 0. The lowest BCUT2D eigenvalue weighted by atomic mass is 9.89. The Labute approximate surface area is 90.9 Å². The Bertz CT molecular complexity index is 233. The Hall–Kier alpha value is -0.770. The van der Waals surface area contributed by atoms with Crippen LogP contribution in [0.5, 0.6) is 0 Å². The van der Waals surface area contributed by atoms with Crippen LogP contribution in [-0.4, -0.2) is 53.2 Å². The molecule has 0 spiro atoms. The van der Waals surface area contributed by atoms with E-state index in [1.807, 2.05) is 0 Å². The average molecular weight is 212 g/mol. The molecule has 4 heteroatoms. The highest BCUT2D eigenvalue weighted by Crippen LogP contribution is 2.28. The van der Waals surface area contributed by atoms with Gasteiger partial charge in [-0.1, -0.05) is 6.42 Å². The molecule has 1 N–H and O–H groups in total. The van der Waals surface area contributed by atoms with Crippen molar-refractivity contribution in [2.45, 2.75) is 44.2 Å². The minimum Gasteiger partial charge on any atom is -0.465 e. The van der Waals surface area contributed by atoms with E-state index in [9.17, 15) is 4.79 Å². The molecule has 0 aromatic heterocycles. The number of amides is 1. The van der Waals surface area contributed by atoms with Gasteiger partial charge in [0.25, 0.3) is 0 Å². The lowest BCUT2D eigenvalue weighted by Crippen LogP contribution is -2.50. The fourth-order valence-corrected chi connectivity index (χ4v) is 2.56. The molecule has 1 saturated heterocycles. The molecule has 1 aliphatic carbocycles. The van der Waals surface area contributed by atoms with Crippen LogP contribution in [0.3, 0.4) is 0 Å². The first-order valence-electron chi connectivity index (χ1n) is 5.88. The molecular formula is C11H20N2O2. The van der Waals surface area contributed by atoms with Crippen LogP contribution in [0.15, 0.2) is 0 Å². The molecular weight excluding hydrogens is 192 g/mol. The summed E-state index contributed by atoms with van der Waals surface area (Å²) in [7, 11) is 2.20. The number of carboxylic acid groups (broad SMARTS) is 1. The Kier molecular flexibility index (Phi) is 3.14. The molecule has 1 amide bonds. The van der Waals surface area contributed by atoms with Gasteiger partial charge in [0.05, 0.1) is 0 Å². The van der Waals surface area contributed by atoms with Gasteiger partial charge in [0.1, 0.15) is 0 Å². The van der Waals surface area contributed by atoms with Crippen LogP contribution in [0.1, 0.15) is 32.1 Å². The molecule has 0 aromatic carbocycles. The van der Waals surface area contributed by atoms with Gasteiger partial charge in [-0.15, -0.1) is 0 Å². The first-order chi connectivity index (χ1) is 7.18. The van der Waals surface area contributed by atoms with Crippen molar-refractivity contribution in [3.63, 3.8) is 0 Å². The second-order valence-corrected chi connectivity index (χ2v) is 4.75. The third kappa shape index (κ3) is 2.25. The molecule has 86 valence electrons. The first-order valence-corrected chi connectivity index (χ1v) is 5.88. The predicted molar refractivity (Wildman–Crippen MR) is 58.0 cm³/mol. The highest BCUT2D eigenvalue weighted by molar-refractivity contribution is 5.65. The smallest absolute Gasteiger partial charge is 0.407 e. The molecule has 0 aromatic rings. The molecule has 4 nitrogen and oxygen atoms in total. The van der Waals surface area contributed by atoms with Crippen molar-refractivity contribution in [2.24, 2.45) is 0 Å². The third-order valence-corrected chi connectivity index (χ3v) is 3.96. The quantitative estimate of drug-likeness (QED) is 0.756. The summed E-state index contributed by atoms with van der Waals surface area (Å²) in [6.45, 7) is 1.41. The predicted octanol–water partition coefficient (Wildman–Crippen LogP) is 1.61. The highest BCUT2D eigenvalue weighted by atomic mass is 16.4. The molecule has 2 rings (SSSR count). The third-order valence-electron chi connectivity index (χ3n) is 3.96. The molecule has 0 unspecified atom stereocenters. The van der Waals surface area contributed by atoms with E-state index in [0.717, 1.165) is 18.9 Å². The van der Waals surface area contributed by atoms with E-state index in [4.69, 9.17) is 5.11 Å². The fourth-order valence-electron chi connectivity index (χ4n) is 2.56. The molecule has 2 fully saturated rings. The molecule has 1 heterocycles. The molecule has 0 bridgehead atoms. The number of carbonyl (C=O) groups is 1. The van der Waals surface area contributed by atoms with Gasteiger partial charge < -0.3 is 14.9 Å². The zero-order valence-electron chi connectivity index (χ0n) is 9.35. The van der Waals surface area contributed by atoms with E-state index in [-0.39, 0.29) is 0 Å². The number of piperidine rings is 1. The van der Waals surface area contributed by atoms with E-state index in [1.54, 1.807) is 0 Å². The monoisotopic (exact) mass is 212 g/mol. The maximum Gasteiger partial charge on any atom is 0.407 e. The second-order valence-electron chi connectivity index (χ2n) is 4.75. The normalized spacial score (nSPS) is 24.3. The molecule has 2 aliphatic rings. The average Bonchev–Trinajstić information content (AvgIpc) is 2.15. The van der Waals surface area contributed by atoms with Crippen LogP contribution < -0.4 is 0 Å². The molecule has 0 radical (unpaired) electrons. The van der Waals surface area contributed by atoms with Crippen LogP contribution in [0.25, 0.3) is 0 Å². The van der Waals surface area contributed by atoms with Gasteiger partial charge in [0.15, 0.2) is 0 Å². The zero-order valence-corrected chi connectivity index (χ0v) is 9.35. The fraction of sp³-hybridized carbons (Fsp3) is 0.909. The van der Waals surface area contributed by atoms with Gasteiger partial charge in [0, 0.05) is 25.2 Å². The van der Waals surface area contributed by atoms with Crippen LogP contribution >= 0.6 is 0 Å². The Balaban J connectivity index is 1.79. The van der Waals surface area contributed by atoms with E-state index in [2.05, 4.69) is 11.9 Å². The summed E-state index contributed by atoms with van der Waals surface area (Å²) in [5.41, 5.74) is 0. The molecule has 15 heavy (non-hydrogen) atoms. The summed E-state index contributed by atoms with van der Waals surface area (Å²) in [5.74, 6) is 0. The number of hydrogen-bond donors (Lipinski definition) is 1. The van der Waals surface area contributed by atoms with Crippen molar-refractivity contribution < 1.29 is 9.90 Å². The lowest BCUT2D eigenvalue weighted by molar-refractivity contribution is 0.0621. The van der Waals surface area contributed by atoms with Crippen molar-refractivity contribution >= 4 is 6.09 Å². The Morgan fingerprint density at radius 1 is 1.20 bits per heavy atom. The summed E-state index contributed by atoms with van der Waals surface area (Å²) in [6.07, 6.45) is 5.26. The Morgan fingerprint density at radius 2 is 1.73 bits per heavy atom. The van der Waals surface area contributed by atoms with Gasteiger partial charge >= 0.3 is 6.09 Å². The van der Waals surface area contributed by atoms with Gasteiger partial charge in [0.2, 0.25) is 0 Å². The Morgan fingerprint density at radius 3 is 2.13 bits per heavy atom. The van der Waals surface area contributed by atoms with Crippen molar-refractivity contribution in [3.8, 4) is 0 Å². The topological polar surface area (TPSA) is 43.8 Å². The molecule has 1 aliphatic heterocycles. The number of hydrogen-bond acceptors (Lipinski definition) is 2. The van der Waals surface area contributed by atoms with Crippen LogP contribution in [0.2, 0.25) is 0 Å². The summed E-state index contributed by atoms with van der Waals surface area (Å²) in [6, 6.07) is 1.37. The van der Waals surface area contributed by atoms with E-state index < -0.39 is 6.09 Å². The minimum atomic E-state index is -0.764. The van der Waals surface area contributed by atoms with E-state index >= 15 is 0 Å². The second kappa shape index (κ2) is 4.39. The van der Waals surface area contributed by atoms with Crippen LogP contribution in [0.4, 0.5) is 4.79 Å². The summed E-state index contributed by atoms with van der Waals surface area (Å²) in [5, 5.41) is 8.84. The van der Waals surface area contributed by atoms with Gasteiger partial charge in [-0.05, 0) is 32.7 Å².